The second-order valence-corrected chi connectivity index (χ2v) is 5.42. The molecule has 0 aromatic heterocycles. The summed E-state index contributed by atoms with van der Waals surface area (Å²) >= 11 is 0. The maximum absolute atomic E-state index is 11.2. The van der Waals surface area contributed by atoms with Gasteiger partial charge >= 0.3 is 5.97 Å². The number of carboxylic acid groups (broad SMARTS) is 1. The summed E-state index contributed by atoms with van der Waals surface area (Å²) in [6.45, 7) is 1.99. The van der Waals surface area contributed by atoms with Crippen molar-refractivity contribution in [2.24, 2.45) is 0 Å². The molecule has 6 nitrogen and oxygen atoms in total. The molecule has 0 aromatic carbocycles. The number of aliphatic carboxylic acids is 1. The lowest BCUT2D eigenvalue weighted by Gasteiger charge is -2.13. The monoisotopic (exact) mass is 248 g/mol. The highest BCUT2D eigenvalue weighted by molar-refractivity contribution is 7.90. The van der Waals surface area contributed by atoms with Crippen LogP contribution in [0.3, 0.4) is 0 Å². The summed E-state index contributed by atoms with van der Waals surface area (Å²) in [4.78, 5) is 10.2. The molecule has 0 saturated carbocycles. The molecule has 1 heterocycles. The quantitative estimate of drug-likeness (QED) is 0.540. The Kier molecular flexibility index (Phi) is 4.91. The Labute approximate surface area is 94.8 Å². The average Bonchev–Trinajstić information content (AvgIpc) is 2.16. The maximum Gasteiger partial charge on any atom is 0.320 e. The predicted octanol–water partition coefficient (Wildman–Crippen LogP) is -0.700. The molecule has 1 aliphatic rings. The summed E-state index contributed by atoms with van der Waals surface area (Å²) in [5.74, 6) is -2.21. The van der Waals surface area contributed by atoms with Gasteiger partial charge < -0.3 is 10.4 Å². The molecule has 1 rings (SSSR count). The van der Waals surface area contributed by atoms with Crippen LogP contribution in [0.25, 0.3) is 0 Å². The third-order valence-corrected chi connectivity index (χ3v) is 3.51. The first-order valence-electron chi connectivity index (χ1n) is 5.07. The Hall–Kier alpha value is -0.920. The largest absolute Gasteiger partial charge is 0.480 e. The minimum atomic E-state index is -3.67. The number of carbonyl (C=O) groups is 1. The van der Waals surface area contributed by atoms with E-state index in [0.29, 0.717) is 6.42 Å². The Balaban J connectivity index is 2.29. The molecular formula is C9H16N2O4S. The molecule has 0 amide bonds. The minimum absolute atomic E-state index is 0.265. The molecule has 16 heavy (non-hydrogen) atoms. The van der Waals surface area contributed by atoms with Gasteiger partial charge in [0.15, 0.2) is 5.75 Å². The van der Waals surface area contributed by atoms with Gasteiger partial charge in [0, 0.05) is 13.1 Å². The Morgan fingerprint density at radius 3 is 2.88 bits per heavy atom. The number of sulfonamides is 1. The van der Waals surface area contributed by atoms with Crippen molar-refractivity contribution < 1.29 is 18.3 Å². The lowest BCUT2D eigenvalue weighted by molar-refractivity contribution is -0.134. The predicted molar refractivity (Wildman–Crippen MR) is 59.6 cm³/mol. The second kappa shape index (κ2) is 5.97. The topological polar surface area (TPSA) is 95.5 Å². The smallest absolute Gasteiger partial charge is 0.320 e. The summed E-state index contributed by atoms with van der Waals surface area (Å²) in [5, 5.41) is 11.5. The number of hydrogen-bond acceptors (Lipinski definition) is 4. The van der Waals surface area contributed by atoms with E-state index in [0.717, 1.165) is 19.5 Å². The van der Waals surface area contributed by atoms with Crippen molar-refractivity contribution in [1.82, 2.24) is 10.0 Å². The van der Waals surface area contributed by atoms with Crippen molar-refractivity contribution in [3.8, 4) is 0 Å². The molecule has 0 aromatic rings. The van der Waals surface area contributed by atoms with Gasteiger partial charge in [-0.05, 0) is 19.4 Å². The summed E-state index contributed by atoms with van der Waals surface area (Å²) < 4.78 is 24.6. The van der Waals surface area contributed by atoms with Crippen LogP contribution in [0.2, 0.25) is 0 Å². The highest BCUT2D eigenvalue weighted by Gasteiger charge is 2.14. The van der Waals surface area contributed by atoms with Gasteiger partial charge in [-0.25, -0.2) is 13.1 Å². The fourth-order valence-corrected chi connectivity index (χ4v) is 2.32. The third-order valence-electron chi connectivity index (χ3n) is 2.24. The first kappa shape index (κ1) is 13.1. The van der Waals surface area contributed by atoms with Crippen molar-refractivity contribution >= 4 is 16.0 Å². The van der Waals surface area contributed by atoms with Crippen LogP contribution in [0, 0.1) is 0 Å². The van der Waals surface area contributed by atoms with Crippen LogP contribution in [0.5, 0.6) is 0 Å². The minimum Gasteiger partial charge on any atom is -0.480 e. The van der Waals surface area contributed by atoms with E-state index >= 15 is 0 Å². The normalized spacial score (nSPS) is 16.9. The van der Waals surface area contributed by atoms with Gasteiger partial charge in [0.2, 0.25) is 10.0 Å². The van der Waals surface area contributed by atoms with Crippen molar-refractivity contribution in [1.29, 1.82) is 0 Å². The first-order chi connectivity index (χ1) is 7.49. The van der Waals surface area contributed by atoms with Gasteiger partial charge in [-0.3, -0.25) is 4.79 Å². The average molecular weight is 248 g/mol. The Morgan fingerprint density at radius 2 is 2.31 bits per heavy atom. The van der Waals surface area contributed by atoms with E-state index < -0.39 is 21.7 Å². The summed E-state index contributed by atoms with van der Waals surface area (Å²) in [5.41, 5.74) is 1.21. The van der Waals surface area contributed by atoms with Crippen molar-refractivity contribution in [2.75, 3.05) is 25.4 Å². The molecule has 7 heteroatoms. The van der Waals surface area contributed by atoms with E-state index in [1.807, 2.05) is 6.08 Å². The fraction of sp³-hybridized carbons (Fsp3) is 0.667. The fourth-order valence-electron chi connectivity index (χ4n) is 1.48. The van der Waals surface area contributed by atoms with Gasteiger partial charge in [0.25, 0.3) is 0 Å². The number of rotatable bonds is 6. The first-order valence-corrected chi connectivity index (χ1v) is 6.72. The Morgan fingerprint density at radius 1 is 1.56 bits per heavy atom. The summed E-state index contributed by atoms with van der Waals surface area (Å²) in [6.07, 6.45) is 3.59. The number of hydrogen-bond donors (Lipinski definition) is 3. The molecule has 0 aliphatic carbocycles. The van der Waals surface area contributed by atoms with E-state index in [1.54, 1.807) is 0 Å². The highest BCUT2D eigenvalue weighted by atomic mass is 32.2. The molecule has 0 atom stereocenters. The number of carboxylic acids is 1. The van der Waals surface area contributed by atoms with Crippen LogP contribution in [0.1, 0.15) is 12.8 Å². The highest BCUT2D eigenvalue weighted by Crippen LogP contribution is 2.08. The van der Waals surface area contributed by atoms with E-state index in [1.165, 1.54) is 5.57 Å². The van der Waals surface area contributed by atoms with E-state index in [4.69, 9.17) is 5.11 Å². The molecule has 0 bridgehead atoms. The number of nitrogens with one attached hydrogen (secondary N) is 2. The zero-order chi connectivity index (χ0) is 12.0. The van der Waals surface area contributed by atoms with Gasteiger partial charge in [0.05, 0.1) is 0 Å². The van der Waals surface area contributed by atoms with Gasteiger partial charge in [-0.1, -0.05) is 11.6 Å². The molecular weight excluding hydrogens is 232 g/mol. The van der Waals surface area contributed by atoms with Crippen molar-refractivity contribution in [3.05, 3.63) is 11.6 Å². The van der Waals surface area contributed by atoms with Gasteiger partial charge in [0.1, 0.15) is 0 Å². The van der Waals surface area contributed by atoms with Crippen molar-refractivity contribution in [3.63, 3.8) is 0 Å². The summed E-state index contributed by atoms with van der Waals surface area (Å²) in [7, 11) is -3.67. The zero-order valence-electron chi connectivity index (χ0n) is 8.90. The SMILES string of the molecule is O=C(O)CS(=O)(=O)NCCC1=CCNCC1. The molecule has 0 fully saturated rings. The van der Waals surface area contributed by atoms with Crippen LogP contribution in [0.4, 0.5) is 0 Å². The molecule has 92 valence electrons. The van der Waals surface area contributed by atoms with Gasteiger partial charge in [-0.2, -0.15) is 0 Å². The second-order valence-electron chi connectivity index (χ2n) is 3.61. The van der Waals surface area contributed by atoms with Crippen LogP contribution in [0.15, 0.2) is 11.6 Å². The van der Waals surface area contributed by atoms with E-state index in [-0.39, 0.29) is 6.54 Å². The third kappa shape index (κ3) is 5.24. The molecule has 3 N–H and O–H groups in total. The van der Waals surface area contributed by atoms with Crippen LogP contribution < -0.4 is 10.0 Å². The van der Waals surface area contributed by atoms with Crippen molar-refractivity contribution in [2.45, 2.75) is 12.8 Å². The molecule has 1 aliphatic heterocycles. The van der Waals surface area contributed by atoms with Crippen LogP contribution >= 0.6 is 0 Å². The maximum atomic E-state index is 11.2. The lowest BCUT2D eigenvalue weighted by atomic mass is 10.1. The van der Waals surface area contributed by atoms with Gasteiger partial charge in [-0.15, -0.1) is 0 Å². The standard InChI is InChI=1S/C9H16N2O4S/c12-9(13)7-16(14,15)11-6-3-8-1-4-10-5-2-8/h1,10-11H,2-7H2,(H,12,13). The lowest BCUT2D eigenvalue weighted by Crippen LogP contribution is -2.31. The van der Waals surface area contributed by atoms with E-state index in [9.17, 15) is 13.2 Å². The zero-order valence-corrected chi connectivity index (χ0v) is 9.72. The Bertz CT molecular complexity index is 375. The summed E-state index contributed by atoms with van der Waals surface area (Å²) in [6, 6.07) is 0. The molecule has 0 spiro atoms. The van der Waals surface area contributed by atoms with Crippen LogP contribution in [-0.4, -0.2) is 44.9 Å². The van der Waals surface area contributed by atoms with Crippen LogP contribution in [-0.2, 0) is 14.8 Å². The molecule has 0 unspecified atom stereocenters. The molecule has 0 radical (unpaired) electrons. The van der Waals surface area contributed by atoms with E-state index in [2.05, 4.69) is 10.0 Å². The molecule has 0 saturated heterocycles.